The first-order valence-electron chi connectivity index (χ1n) is 7.66. The molecule has 1 aliphatic rings. The van der Waals surface area contributed by atoms with E-state index in [0.29, 0.717) is 10.7 Å². The molecule has 0 atom stereocenters. The first kappa shape index (κ1) is 14.9. The van der Waals surface area contributed by atoms with Crippen LogP contribution >= 0.6 is 11.3 Å². The van der Waals surface area contributed by atoms with E-state index >= 15 is 0 Å². The third-order valence-electron chi connectivity index (χ3n) is 4.01. The number of hydrogen-bond donors (Lipinski definition) is 1. The minimum absolute atomic E-state index is 0.120. The minimum atomic E-state index is -0.427. The molecule has 3 aromatic rings. The molecule has 0 saturated heterocycles. The summed E-state index contributed by atoms with van der Waals surface area (Å²) in [4.78, 5) is 30.5. The number of amides is 1. The molecule has 0 radical (unpaired) electrons. The van der Waals surface area contributed by atoms with E-state index < -0.39 is 5.54 Å². The van der Waals surface area contributed by atoms with Gasteiger partial charge in [-0.2, -0.15) is 0 Å². The Morgan fingerprint density at radius 2 is 2.00 bits per heavy atom. The quantitative estimate of drug-likeness (QED) is 0.792. The van der Waals surface area contributed by atoms with E-state index in [1.807, 2.05) is 19.1 Å². The van der Waals surface area contributed by atoms with Crippen LogP contribution in [0.4, 0.5) is 0 Å². The zero-order valence-corrected chi connectivity index (χ0v) is 13.9. The average Bonchev–Trinajstić information content (AvgIpc) is 3.30. The molecule has 0 bridgehead atoms. The van der Waals surface area contributed by atoms with Crippen molar-refractivity contribution in [2.75, 3.05) is 0 Å². The van der Waals surface area contributed by atoms with Gasteiger partial charge in [-0.25, -0.2) is 15.0 Å². The van der Waals surface area contributed by atoms with Crippen molar-refractivity contribution in [3.8, 4) is 10.6 Å². The molecule has 24 heavy (non-hydrogen) atoms. The summed E-state index contributed by atoms with van der Waals surface area (Å²) in [6.07, 6.45) is 8.58. The summed E-state index contributed by atoms with van der Waals surface area (Å²) in [6.45, 7) is 1.85. The number of carbonyl (C=O) groups is 1. The Bertz CT molecular complexity index is 875. The molecule has 0 aliphatic heterocycles. The summed E-state index contributed by atoms with van der Waals surface area (Å²) in [5.41, 5.74) is 1.21. The zero-order chi connectivity index (χ0) is 16.6. The summed E-state index contributed by atoms with van der Waals surface area (Å²) >= 11 is 1.38. The molecule has 0 aromatic carbocycles. The highest BCUT2D eigenvalue weighted by Crippen LogP contribution is 2.44. The molecule has 1 N–H and O–H groups in total. The van der Waals surface area contributed by atoms with Crippen molar-refractivity contribution in [3.63, 3.8) is 0 Å². The van der Waals surface area contributed by atoms with Gasteiger partial charge in [0.05, 0.1) is 5.69 Å². The van der Waals surface area contributed by atoms with Gasteiger partial charge in [0.1, 0.15) is 15.4 Å². The highest BCUT2D eigenvalue weighted by molar-refractivity contribution is 7.17. The monoisotopic (exact) mass is 337 g/mol. The Labute approximate surface area is 143 Å². The van der Waals surface area contributed by atoms with Gasteiger partial charge in [-0.1, -0.05) is 0 Å². The Hall–Kier alpha value is -2.67. The van der Waals surface area contributed by atoms with Crippen LogP contribution in [0.3, 0.4) is 0 Å². The fourth-order valence-electron chi connectivity index (χ4n) is 2.57. The lowest BCUT2D eigenvalue weighted by Gasteiger charge is -2.15. The fourth-order valence-corrected chi connectivity index (χ4v) is 3.52. The number of pyridine rings is 1. The van der Waals surface area contributed by atoms with Crippen LogP contribution in [0, 0.1) is 6.92 Å². The van der Waals surface area contributed by atoms with E-state index in [1.54, 1.807) is 30.9 Å². The normalized spacial score (nSPS) is 15.0. The molecule has 0 spiro atoms. The highest BCUT2D eigenvalue weighted by atomic mass is 32.1. The second kappa shape index (κ2) is 5.76. The van der Waals surface area contributed by atoms with Crippen molar-refractivity contribution in [1.82, 2.24) is 25.3 Å². The molecular weight excluding hydrogens is 322 g/mol. The number of aromatic nitrogens is 4. The van der Waals surface area contributed by atoms with Gasteiger partial charge in [0, 0.05) is 30.4 Å². The highest BCUT2D eigenvalue weighted by Gasteiger charge is 2.48. The number of nitrogens with one attached hydrogen (secondary N) is 1. The lowest BCUT2D eigenvalue weighted by Crippen LogP contribution is -2.36. The molecule has 7 heteroatoms. The lowest BCUT2D eigenvalue weighted by molar-refractivity contribution is 0.0932. The van der Waals surface area contributed by atoms with Gasteiger partial charge < -0.3 is 5.32 Å². The molecule has 1 fully saturated rings. The summed E-state index contributed by atoms with van der Waals surface area (Å²) in [5, 5.41) is 3.89. The Balaban J connectivity index is 1.59. The number of nitrogens with zero attached hydrogens (tertiary/aromatic N) is 4. The number of aryl methyl sites for hydroxylation is 1. The van der Waals surface area contributed by atoms with E-state index in [-0.39, 0.29) is 5.91 Å². The molecule has 120 valence electrons. The van der Waals surface area contributed by atoms with Gasteiger partial charge in [-0.15, -0.1) is 11.3 Å². The lowest BCUT2D eigenvalue weighted by atomic mass is 10.2. The largest absolute Gasteiger partial charge is 0.339 e. The minimum Gasteiger partial charge on any atom is -0.339 e. The molecular formula is C17H15N5OS. The summed E-state index contributed by atoms with van der Waals surface area (Å²) in [7, 11) is 0. The molecule has 6 nitrogen and oxygen atoms in total. The third kappa shape index (κ3) is 2.67. The topological polar surface area (TPSA) is 80.7 Å². The Kier molecular flexibility index (Phi) is 3.57. The number of rotatable bonds is 4. The van der Waals surface area contributed by atoms with Gasteiger partial charge in [0.25, 0.3) is 5.91 Å². The van der Waals surface area contributed by atoms with Crippen LogP contribution in [0.5, 0.6) is 0 Å². The molecule has 4 rings (SSSR count). The SMILES string of the molecule is Cc1nc(-c2cccnc2)sc1C(=O)NC1(c2ncccn2)CC1. The third-order valence-corrected chi connectivity index (χ3v) is 5.21. The van der Waals surface area contributed by atoms with Crippen LogP contribution in [-0.4, -0.2) is 25.8 Å². The summed E-state index contributed by atoms with van der Waals surface area (Å²) in [6, 6.07) is 5.57. The van der Waals surface area contributed by atoms with E-state index in [9.17, 15) is 4.79 Å². The summed E-state index contributed by atoms with van der Waals surface area (Å²) < 4.78 is 0. The van der Waals surface area contributed by atoms with Crippen LogP contribution in [0.25, 0.3) is 10.6 Å². The molecule has 1 amide bonds. The second-order valence-corrected chi connectivity index (χ2v) is 6.78. The number of hydrogen-bond acceptors (Lipinski definition) is 6. The predicted molar refractivity (Wildman–Crippen MR) is 90.5 cm³/mol. The van der Waals surface area contributed by atoms with Gasteiger partial charge in [0.2, 0.25) is 0 Å². The van der Waals surface area contributed by atoms with E-state index in [1.165, 1.54) is 11.3 Å². The van der Waals surface area contributed by atoms with Gasteiger partial charge in [0.15, 0.2) is 5.82 Å². The van der Waals surface area contributed by atoms with Gasteiger partial charge >= 0.3 is 0 Å². The number of carbonyl (C=O) groups excluding carboxylic acids is 1. The predicted octanol–water partition coefficient (Wildman–Crippen LogP) is 2.72. The van der Waals surface area contributed by atoms with E-state index in [0.717, 1.165) is 29.1 Å². The zero-order valence-electron chi connectivity index (χ0n) is 13.1. The van der Waals surface area contributed by atoms with Crippen LogP contribution in [0.2, 0.25) is 0 Å². The molecule has 3 aromatic heterocycles. The average molecular weight is 337 g/mol. The Morgan fingerprint density at radius 3 is 2.67 bits per heavy atom. The summed E-state index contributed by atoms with van der Waals surface area (Å²) in [5.74, 6) is 0.554. The fraction of sp³-hybridized carbons (Fsp3) is 0.235. The second-order valence-electron chi connectivity index (χ2n) is 5.78. The Morgan fingerprint density at radius 1 is 1.21 bits per heavy atom. The molecule has 3 heterocycles. The number of thiazole rings is 1. The van der Waals surface area contributed by atoms with Crippen molar-refractivity contribution in [3.05, 3.63) is 59.4 Å². The maximum atomic E-state index is 12.7. The molecule has 1 saturated carbocycles. The van der Waals surface area contributed by atoms with Crippen LogP contribution in [0.1, 0.15) is 34.0 Å². The molecule has 0 unspecified atom stereocenters. The van der Waals surface area contributed by atoms with Gasteiger partial charge in [-0.3, -0.25) is 9.78 Å². The maximum Gasteiger partial charge on any atom is 0.264 e. The van der Waals surface area contributed by atoms with Crippen molar-refractivity contribution in [2.45, 2.75) is 25.3 Å². The van der Waals surface area contributed by atoms with Crippen LogP contribution < -0.4 is 5.32 Å². The standard InChI is InChI=1S/C17H15N5OS/c1-11-13(24-15(21-11)12-4-2-7-18-10-12)14(23)22-17(5-6-17)16-19-8-3-9-20-16/h2-4,7-10H,5-6H2,1H3,(H,22,23). The van der Waals surface area contributed by atoms with Crippen molar-refractivity contribution in [2.24, 2.45) is 0 Å². The van der Waals surface area contributed by atoms with Crippen molar-refractivity contribution in [1.29, 1.82) is 0 Å². The van der Waals surface area contributed by atoms with Crippen LogP contribution in [0.15, 0.2) is 43.0 Å². The van der Waals surface area contributed by atoms with E-state index in [2.05, 4.69) is 25.3 Å². The molecule has 1 aliphatic carbocycles. The van der Waals surface area contributed by atoms with Crippen molar-refractivity contribution >= 4 is 17.2 Å². The first-order chi connectivity index (χ1) is 11.7. The van der Waals surface area contributed by atoms with Crippen molar-refractivity contribution < 1.29 is 4.79 Å². The maximum absolute atomic E-state index is 12.7. The first-order valence-corrected chi connectivity index (χ1v) is 8.47. The smallest absolute Gasteiger partial charge is 0.264 e. The van der Waals surface area contributed by atoms with Crippen LogP contribution in [-0.2, 0) is 5.54 Å². The van der Waals surface area contributed by atoms with Gasteiger partial charge in [-0.05, 0) is 38.0 Å². The van der Waals surface area contributed by atoms with E-state index in [4.69, 9.17) is 0 Å².